The number of furan rings is 1. The Morgan fingerprint density at radius 3 is 2.71 bits per heavy atom. The van der Waals surface area contributed by atoms with Gasteiger partial charge in [0.05, 0.1) is 23.8 Å². The third-order valence-corrected chi connectivity index (χ3v) is 5.63. The van der Waals surface area contributed by atoms with Crippen molar-refractivity contribution in [3.63, 3.8) is 0 Å². The van der Waals surface area contributed by atoms with Crippen molar-refractivity contribution in [2.24, 2.45) is 0 Å². The van der Waals surface area contributed by atoms with E-state index in [-0.39, 0.29) is 18.4 Å². The van der Waals surface area contributed by atoms with Gasteiger partial charge in [-0.15, -0.1) is 0 Å². The van der Waals surface area contributed by atoms with Crippen LogP contribution in [0.1, 0.15) is 18.2 Å². The molecule has 3 rings (SSSR count). The third kappa shape index (κ3) is 4.70. The fraction of sp³-hybridized carbons (Fsp3) is 0.250. The highest BCUT2D eigenvalue weighted by Crippen LogP contribution is 2.34. The quantitative estimate of drug-likeness (QED) is 0.533. The molecule has 1 fully saturated rings. The zero-order chi connectivity index (χ0) is 20.1. The molecule has 1 unspecified atom stereocenters. The summed E-state index contributed by atoms with van der Waals surface area (Å²) in [6.07, 6.45) is 3.62. The summed E-state index contributed by atoms with van der Waals surface area (Å²) in [5.74, 6) is -0.163. The van der Waals surface area contributed by atoms with Gasteiger partial charge in [0.2, 0.25) is 5.91 Å². The smallest absolute Gasteiger partial charge is 0.267 e. The van der Waals surface area contributed by atoms with E-state index in [0.717, 1.165) is 17.3 Å². The van der Waals surface area contributed by atoms with E-state index in [4.69, 9.17) is 16.6 Å². The lowest BCUT2D eigenvalue weighted by Crippen LogP contribution is -2.51. The van der Waals surface area contributed by atoms with Crippen molar-refractivity contribution in [1.82, 2.24) is 10.2 Å². The number of hydrogen-bond acceptors (Lipinski definition) is 6. The molecule has 0 radical (unpaired) electrons. The van der Waals surface area contributed by atoms with Gasteiger partial charge in [-0.05, 0) is 31.0 Å². The number of aliphatic hydroxyl groups is 1. The fourth-order valence-corrected chi connectivity index (χ4v) is 4.21. The van der Waals surface area contributed by atoms with Crippen LogP contribution in [0.15, 0.2) is 58.1 Å². The number of aliphatic hydroxyl groups excluding tert-OH is 1. The molecule has 0 spiro atoms. The van der Waals surface area contributed by atoms with Gasteiger partial charge in [0.15, 0.2) is 0 Å². The summed E-state index contributed by atoms with van der Waals surface area (Å²) >= 11 is 6.43. The number of thioether (sulfide) groups is 1. The Hall–Kier alpha value is -2.42. The van der Waals surface area contributed by atoms with Crippen molar-refractivity contribution in [3.8, 4) is 0 Å². The van der Waals surface area contributed by atoms with Crippen LogP contribution in [0.25, 0.3) is 6.08 Å². The Bertz CT molecular complexity index is 881. The molecule has 2 aromatic rings. The highest BCUT2D eigenvalue weighted by molar-refractivity contribution is 8.26. The van der Waals surface area contributed by atoms with Crippen LogP contribution in [0.3, 0.4) is 0 Å². The number of thiocarbonyl (C=S) groups is 1. The number of benzene rings is 1. The Balaban J connectivity index is 1.66. The van der Waals surface area contributed by atoms with Gasteiger partial charge in [-0.2, -0.15) is 0 Å². The average molecular weight is 417 g/mol. The first kappa shape index (κ1) is 20.3. The molecular weight excluding hydrogens is 396 g/mol. The van der Waals surface area contributed by atoms with Gasteiger partial charge in [0.1, 0.15) is 16.1 Å². The number of carbonyl (C=O) groups excluding carboxylic acids is 2. The van der Waals surface area contributed by atoms with Crippen LogP contribution in [0, 0.1) is 0 Å². The lowest BCUT2D eigenvalue weighted by molar-refractivity contribution is -0.132. The second-order valence-electron chi connectivity index (χ2n) is 6.32. The highest BCUT2D eigenvalue weighted by Gasteiger charge is 2.38. The average Bonchev–Trinajstić information content (AvgIpc) is 3.29. The maximum absolute atomic E-state index is 12.7. The van der Waals surface area contributed by atoms with Gasteiger partial charge in [0, 0.05) is 6.08 Å². The van der Waals surface area contributed by atoms with E-state index in [0.29, 0.717) is 21.4 Å². The predicted octanol–water partition coefficient (Wildman–Crippen LogP) is 2.59. The highest BCUT2D eigenvalue weighted by atomic mass is 32.2. The molecule has 1 aromatic carbocycles. The molecule has 2 N–H and O–H groups in total. The van der Waals surface area contributed by atoms with Crippen LogP contribution >= 0.6 is 24.0 Å². The molecular formula is C20H20N2O4S2. The van der Waals surface area contributed by atoms with Crippen molar-refractivity contribution in [3.05, 3.63) is 65.0 Å². The van der Waals surface area contributed by atoms with Gasteiger partial charge in [-0.25, -0.2) is 0 Å². The molecule has 8 heteroatoms. The number of carbonyl (C=O) groups is 2. The molecule has 28 heavy (non-hydrogen) atoms. The monoisotopic (exact) mass is 416 g/mol. The van der Waals surface area contributed by atoms with Crippen molar-refractivity contribution >= 4 is 46.2 Å². The second-order valence-corrected chi connectivity index (χ2v) is 8.00. The number of amides is 2. The normalized spacial score (nSPS) is 17.8. The van der Waals surface area contributed by atoms with Crippen molar-refractivity contribution in [2.45, 2.75) is 25.4 Å². The standard InChI is InChI=1S/C20H20N2O4S2/c1-13(18(24)21-15(12-23)10-14-6-3-2-4-7-14)22-19(25)17(28-20(22)27)11-16-8-5-9-26-16/h2-9,11,13,15,23H,10,12H2,1H3,(H,21,24)/t13?,15-/m1/s1. The molecule has 2 heterocycles. The SMILES string of the molecule is CC(C(=O)N[C@@H](CO)Cc1ccccc1)N1C(=O)C(=Cc2ccco2)SC1=S. The van der Waals surface area contributed by atoms with Gasteiger partial charge in [0.25, 0.3) is 5.91 Å². The van der Waals surface area contributed by atoms with Crippen molar-refractivity contribution in [1.29, 1.82) is 0 Å². The maximum Gasteiger partial charge on any atom is 0.267 e. The zero-order valence-corrected chi connectivity index (χ0v) is 16.8. The number of nitrogens with zero attached hydrogens (tertiary/aromatic N) is 1. The first-order valence-corrected chi connectivity index (χ1v) is 9.97. The van der Waals surface area contributed by atoms with Crippen LogP contribution < -0.4 is 5.32 Å². The Kier molecular flexibility index (Phi) is 6.66. The molecule has 2 atom stereocenters. The van der Waals surface area contributed by atoms with Crippen LogP contribution in [0.2, 0.25) is 0 Å². The number of hydrogen-bond donors (Lipinski definition) is 2. The van der Waals surface area contributed by atoms with E-state index in [2.05, 4.69) is 5.32 Å². The molecule has 0 aliphatic carbocycles. The predicted molar refractivity (Wildman–Crippen MR) is 112 cm³/mol. The number of nitrogens with one attached hydrogen (secondary N) is 1. The lowest BCUT2D eigenvalue weighted by atomic mass is 10.1. The summed E-state index contributed by atoms with van der Waals surface area (Å²) in [6, 6.07) is 11.8. The third-order valence-electron chi connectivity index (χ3n) is 4.30. The molecule has 0 bridgehead atoms. The molecule has 146 valence electrons. The Morgan fingerprint density at radius 1 is 1.32 bits per heavy atom. The molecule has 6 nitrogen and oxygen atoms in total. The van der Waals surface area contributed by atoms with Crippen LogP contribution in [0.5, 0.6) is 0 Å². The molecule has 1 saturated heterocycles. The largest absolute Gasteiger partial charge is 0.465 e. The second kappa shape index (κ2) is 9.18. The molecule has 0 saturated carbocycles. The Morgan fingerprint density at radius 2 is 2.07 bits per heavy atom. The topological polar surface area (TPSA) is 82.8 Å². The summed E-state index contributed by atoms with van der Waals surface area (Å²) < 4.78 is 5.55. The minimum Gasteiger partial charge on any atom is -0.465 e. The lowest BCUT2D eigenvalue weighted by Gasteiger charge is -2.25. The van der Waals surface area contributed by atoms with E-state index in [1.54, 1.807) is 25.1 Å². The summed E-state index contributed by atoms with van der Waals surface area (Å²) in [4.78, 5) is 27.1. The first-order chi connectivity index (χ1) is 13.5. The van der Waals surface area contributed by atoms with E-state index < -0.39 is 12.1 Å². The van der Waals surface area contributed by atoms with Crippen LogP contribution in [0.4, 0.5) is 0 Å². The number of rotatable bonds is 7. The maximum atomic E-state index is 12.7. The van der Waals surface area contributed by atoms with Crippen molar-refractivity contribution in [2.75, 3.05) is 6.61 Å². The van der Waals surface area contributed by atoms with Crippen LogP contribution in [-0.2, 0) is 16.0 Å². The Labute approximate surface area is 172 Å². The molecule has 2 amide bonds. The van der Waals surface area contributed by atoms with Gasteiger partial charge in [-0.1, -0.05) is 54.3 Å². The van der Waals surface area contributed by atoms with E-state index in [9.17, 15) is 14.7 Å². The summed E-state index contributed by atoms with van der Waals surface area (Å²) in [7, 11) is 0. The van der Waals surface area contributed by atoms with Crippen molar-refractivity contribution < 1.29 is 19.1 Å². The minimum atomic E-state index is -0.792. The molecule has 1 aliphatic heterocycles. The van der Waals surface area contributed by atoms with Crippen LogP contribution in [-0.4, -0.2) is 44.8 Å². The summed E-state index contributed by atoms with van der Waals surface area (Å²) in [6.45, 7) is 1.41. The minimum absolute atomic E-state index is 0.204. The van der Waals surface area contributed by atoms with E-state index in [1.807, 2.05) is 30.3 Å². The first-order valence-electron chi connectivity index (χ1n) is 8.75. The molecule has 1 aliphatic rings. The summed E-state index contributed by atoms with van der Waals surface area (Å²) in [5, 5.41) is 12.4. The zero-order valence-electron chi connectivity index (χ0n) is 15.2. The van der Waals surface area contributed by atoms with Gasteiger partial charge >= 0.3 is 0 Å². The van der Waals surface area contributed by atoms with Gasteiger partial charge in [-0.3, -0.25) is 14.5 Å². The van der Waals surface area contributed by atoms with Gasteiger partial charge < -0.3 is 14.8 Å². The summed E-state index contributed by atoms with van der Waals surface area (Å²) in [5.41, 5.74) is 1.00. The van der Waals surface area contributed by atoms with E-state index >= 15 is 0 Å². The molecule has 1 aromatic heterocycles. The van der Waals surface area contributed by atoms with E-state index in [1.165, 1.54) is 11.2 Å². The fourth-order valence-electron chi connectivity index (χ4n) is 2.82.